The van der Waals surface area contributed by atoms with Gasteiger partial charge >= 0.3 is 0 Å². The van der Waals surface area contributed by atoms with Gasteiger partial charge in [-0.15, -0.1) is 0 Å². The van der Waals surface area contributed by atoms with Crippen molar-refractivity contribution in [3.05, 3.63) is 22.9 Å². The molecule has 1 saturated carbocycles. The first kappa shape index (κ1) is 15.2. The van der Waals surface area contributed by atoms with Gasteiger partial charge in [0.1, 0.15) is 5.70 Å². The molecule has 4 aliphatic rings. The van der Waals surface area contributed by atoms with E-state index in [0.29, 0.717) is 12.0 Å². The number of piperidine rings is 1. The lowest BCUT2D eigenvalue weighted by molar-refractivity contribution is -0.120. The molecule has 5 nitrogen and oxygen atoms in total. The summed E-state index contributed by atoms with van der Waals surface area (Å²) < 4.78 is 0. The van der Waals surface area contributed by atoms with Gasteiger partial charge in [0.15, 0.2) is 0 Å². The molecule has 2 unspecified atom stereocenters. The molecule has 0 aromatic rings. The molecule has 0 bridgehead atoms. The van der Waals surface area contributed by atoms with Crippen LogP contribution in [0.5, 0.6) is 0 Å². The third kappa shape index (κ3) is 2.32. The molecule has 126 valence electrons. The van der Waals surface area contributed by atoms with Gasteiger partial charge in [0.25, 0.3) is 5.91 Å². The molecule has 0 aromatic carbocycles. The molecule has 1 saturated heterocycles. The van der Waals surface area contributed by atoms with Crippen LogP contribution in [0.3, 0.4) is 0 Å². The molecule has 3 N–H and O–H groups in total. The van der Waals surface area contributed by atoms with Gasteiger partial charge in [-0.05, 0) is 54.0 Å². The third-order valence-corrected chi connectivity index (χ3v) is 6.36. The number of carbonyl (C=O) groups is 1. The zero-order valence-electron chi connectivity index (χ0n) is 14.8. The van der Waals surface area contributed by atoms with Gasteiger partial charge in [0.2, 0.25) is 0 Å². The molecule has 2 aliphatic carbocycles. The fourth-order valence-electron chi connectivity index (χ4n) is 4.75. The van der Waals surface area contributed by atoms with Crippen molar-refractivity contribution >= 4 is 5.91 Å². The molecular formula is C18H28N4O. The van der Waals surface area contributed by atoms with E-state index in [4.69, 9.17) is 0 Å². The van der Waals surface area contributed by atoms with Crippen LogP contribution in [0.4, 0.5) is 0 Å². The van der Waals surface area contributed by atoms with E-state index in [1.54, 1.807) is 0 Å². The van der Waals surface area contributed by atoms with Gasteiger partial charge < -0.3 is 10.7 Å². The van der Waals surface area contributed by atoms with Crippen LogP contribution in [-0.2, 0) is 4.79 Å². The fourth-order valence-corrected chi connectivity index (χ4v) is 4.75. The maximum absolute atomic E-state index is 12.8. The average molecular weight is 316 g/mol. The van der Waals surface area contributed by atoms with Gasteiger partial charge in [-0.1, -0.05) is 11.6 Å². The van der Waals surface area contributed by atoms with E-state index in [2.05, 4.69) is 61.9 Å². The van der Waals surface area contributed by atoms with E-state index in [1.807, 2.05) is 0 Å². The molecule has 2 heterocycles. The Labute approximate surface area is 138 Å². The normalized spacial score (nSPS) is 34.6. The number of rotatable bonds is 2. The standard InChI is InChI=1S/C18H28N4O/c1-17(2)8-11(9-18(3,4)22(17)5)19-16(23)15-13-7-10-6-12(10)14(13)20-21-15/h7,11-12,14,20-21H,6,8-9H2,1-5H3,(H,19,23). The Bertz CT molecular complexity index is 613. The molecule has 0 spiro atoms. The second-order valence-electron chi connectivity index (χ2n) is 8.87. The number of amides is 1. The van der Waals surface area contributed by atoms with Crippen LogP contribution < -0.4 is 16.2 Å². The van der Waals surface area contributed by atoms with E-state index in [-0.39, 0.29) is 23.0 Å². The van der Waals surface area contributed by atoms with Crippen molar-refractivity contribution in [3.63, 3.8) is 0 Å². The highest BCUT2D eigenvalue weighted by Crippen LogP contribution is 2.50. The number of hydrogen-bond donors (Lipinski definition) is 3. The number of carbonyl (C=O) groups excluding carboxylic acids is 1. The highest BCUT2D eigenvalue weighted by molar-refractivity contribution is 5.95. The average Bonchev–Trinajstić information content (AvgIpc) is 2.91. The van der Waals surface area contributed by atoms with Gasteiger partial charge in [-0.3, -0.25) is 9.69 Å². The monoisotopic (exact) mass is 316 g/mol. The molecule has 2 atom stereocenters. The fraction of sp³-hybridized carbons (Fsp3) is 0.722. The number of likely N-dealkylation sites (tertiary alicyclic amines) is 1. The Balaban J connectivity index is 1.49. The van der Waals surface area contributed by atoms with E-state index >= 15 is 0 Å². The highest BCUT2D eigenvalue weighted by Gasteiger charge is 2.49. The first-order valence-corrected chi connectivity index (χ1v) is 8.70. The second-order valence-corrected chi connectivity index (χ2v) is 8.87. The number of hydrazine groups is 1. The van der Waals surface area contributed by atoms with E-state index in [1.165, 1.54) is 12.0 Å². The number of nitrogens with one attached hydrogen (secondary N) is 3. The van der Waals surface area contributed by atoms with Crippen molar-refractivity contribution in [3.8, 4) is 0 Å². The van der Waals surface area contributed by atoms with Gasteiger partial charge in [0.05, 0.1) is 6.04 Å². The zero-order chi connectivity index (χ0) is 16.6. The summed E-state index contributed by atoms with van der Waals surface area (Å²) in [5.74, 6) is 0.665. The minimum atomic E-state index is 0.0364. The first-order valence-electron chi connectivity index (χ1n) is 8.70. The topological polar surface area (TPSA) is 56.4 Å². The summed E-state index contributed by atoms with van der Waals surface area (Å²) in [4.78, 5) is 15.2. The summed E-state index contributed by atoms with van der Waals surface area (Å²) in [6, 6.07) is 0.525. The Hall–Kier alpha value is -1.33. The SMILES string of the molecule is CN1C(C)(C)CC(NC(=O)C2=C3C=C4CC4C3NN2)CC1(C)C. The van der Waals surface area contributed by atoms with Crippen molar-refractivity contribution in [1.82, 2.24) is 21.1 Å². The van der Waals surface area contributed by atoms with Gasteiger partial charge in [-0.2, -0.15) is 0 Å². The minimum absolute atomic E-state index is 0.0364. The van der Waals surface area contributed by atoms with Crippen LogP contribution in [0.2, 0.25) is 0 Å². The third-order valence-electron chi connectivity index (χ3n) is 6.36. The zero-order valence-corrected chi connectivity index (χ0v) is 14.8. The number of nitrogens with zero attached hydrogens (tertiary/aromatic N) is 1. The molecular weight excluding hydrogens is 288 g/mol. The quantitative estimate of drug-likeness (QED) is 0.722. The molecule has 4 rings (SSSR count). The van der Waals surface area contributed by atoms with Crippen molar-refractivity contribution in [2.45, 2.75) is 70.1 Å². The lowest BCUT2D eigenvalue weighted by atomic mass is 9.77. The maximum Gasteiger partial charge on any atom is 0.269 e. The van der Waals surface area contributed by atoms with Crippen LogP contribution in [0.25, 0.3) is 0 Å². The predicted octanol–water partition coefficient (Wildman–Crippen LogP) is 1.44. The minimum Gasteiger partial charge on any atom is -0.348 e. The molecule has 2 fully saturated rings. The van der Waals surface area contributed by atoms with E-state index in [9.17, 15) is 4.79 Å². The van der Waals surface area contributed by atoms with Crippen LogP contribution in [0.1, 0.15) is 47.0 Å². The summed E-state index contributed by atoms with van der Waals surface area (Å²) >= 11 is 0. The van der Waals surface area contributed by atoms with Crippen molar-refractivity contribution in [2.24, 2.45) is 5.92 Å². The molecule has 0 aromatic heterocycles. The Morgan fingerprint density at radius 2 is 1.91 bits per heavy atom. The number of fused-ring (bicyclic) bond motifs is 3. The lowest BCUT2D eigenvalue weighted by Gasteiger charge is -2.53. The van der Waals surface area contributed by atoms with Crippen LogP contribution >= 0.6 is 0 Å². The van der Waals surface area contributed by atoms with E-state index in [0.717, 1.165) is 24.1 Å². The van der Waals surface area contributed by atoms with Crippen molar-refractivity contribution in [2.75, 3.05) is 7.05 Å². The smallest absolute Gasteiger partial charge is 0.269 e. The summed E-state index contributed by atoms with van der Waals surface area (Å²) in [5.41, 5.74) is 9.92. The maximum atomic E-state index is 12.8. The van der Waals surface area contributed by atoms with Gasteiger partial charge in [-0.25, -0.2) is 5.43 Å². The summed E-state index contributed by atoms with van der Waals surface area (Å²) in [6.07, 6.45) is 5.35. The van der Waals surface area contributed by atoms with Crippen LogP contribution in [-0.4, -0.2) is 41.0 Å². The lowest BCUT2D eigenvalue weighted by Crippen LogP contribution is -2.62. The molecule has 23 heavy (non-hydrogen) atoms. The molecule has 0 radical (unpaired) electrons. The number of hydrogen-bond acceptors (Lipinski definition) is 4. The highest BCUT2D eigenvalue weighted by atomic mass is 16.2. The Morgan fingerprint density at radius 3 is 2.57 bits per heavy atom. The first-order chi connectivity index (χ1) is 10.7. The molecule has 2 aliphatic heterocycles. The molecule has 5 heteroatoms. The summed E-state index contributed by atoms with van der Waals surface area (Å²) in [5, 5.41) is 3.28. The largest absolute Gasteiger partial charge is 0.348 e. The van der Waals surface area contributed by atoms with Crippen molar-refractivity contribution < 1.29 is 4.79 Å². The summed E-state index contributed by atoms with van der Waals surface area (Å²) in [6.45, 7) is 9.04. The second kappa shape index (κ2) is 4.61. The van der Waals surface area contributed by atoms with Crippen molar-refractivity contribution in [1.29, 1.82) is 0 Å². The Kier molecular flexibility index (Phi) is 3.05. The van der Waals surface area contributed by atoms with Gasteiger partial charge in [0, 0.05) is 28.6 Å². The molecule has 1 amide bonds. The van der Waals surface area contributed by atoms with Crippen LogP contribution in [0.15, 0.2) is 22.9 Å². The van der Waals surface area contributed by atoms with E-state index < -0.39 is 0 Å². The predicted molar refractivity (Wildman–Crippen MR) is 90.4 cm³/mol. The van der Waals surface area contributed by atoms with Crippen LogP contribution in [0, 0.1) is 5.92 Å². The Morgan fingerprint density at radius 1 is 1.26 bits per heavy atom. The summed E-state index contributed by atoms with van der Waals surface area (Å²) in [7, 11) is 2.19.